The summed E-state index contributed by atoms with van der Waals surface area (Å²) >= 11 is 0. The Morgan fingerprint density at radius 1 is 1.38 bits per heavy atom. The van der Waals surface area contributed by atoms with Gasteiger partial charge in [-0.2, -0.15) is 0 Å². The predicted molar refractivity (Wildman–Crippen MR) is 85.1 cm³/mol. The zero-order valence-electron chi connectivity index (χ0n) is 13.1. The summed E-state index contributed by atoms with van der Waals surface area (Å²) in [7, 11) is 0. The molecule has 1 fully saturated rings. The van der Waals surface area contributed by atoms with E-state index in [-0.39, 0.29) is 12.5 Å². The molecule has 120 valence electrons. The molecular weight excluding hydrogens is 264 g/mol. The van der Waals surface area contributed by atoms with Gasteiger partial charge in [0, 0.05) is 19.2 Å². The Hall–Kier alpha value is -0.870. The lowest BCUT2D eigenvalue weighted by Crippen LogP contribution is -2.40. The second kappa shape index (κ2) is 9.21. The minimum atomic E-state index is 0.155. The van der Waals surface area contributed by atoms with Crippen LogP contribution in [-0.2, 0) is 4.79 Å². The van der Waals surface area contributed by atoms with Crippen LogP contribution in [0.25, 0.3) is 0 Å². The molecule has 4 heteroatoms. The molecular formula is C17H30N2O2. The first-order valence-corrected chi connectivity index (χ1v) is 8.59. The Kier molecular flexibility index (Phi) is 7.24. The van der Waals surface area contributed by atoms with E-state index in [2.05, 4.69) is 16.3 Å². The molecule has 1 heterocycles. The van der Waals surface area contributed by atoms with Crippen molar-refractivity contribution in [2.45, 2.75) is 63.8 Å². The molecule has 0 aromatic heterocycles. The molecule has 1 aliphatic carbocycles. The third-order valence-corrected chi connectivity index (χ3v) is 4.69. The molecule has 0 radical (unpaired) electrons. The summed E-state index contributed by atoms with van der Waals surface area (Å²) in [6, 6.07) is 0.490. The highest BCUT2D eigenvalue weighted by Gasteiger charge is 2.25. The number of aliphatic hydroxyl groups is 1. The first-order valence-electron chi connectivity index (χ1n) is 8.59. The van der Waals surface area contributed by atoms with Crippen LogP contribution in [-0.4, -0.2) is 48.2 Å². The number of hydrogen-bond acceptors (Lipinski definition) is 3. The van der Waals surface area contributed by atoms with E-state index < -0.39 is 0 Å². The summed E-state index contributed by atoms with van der Waals surface area (Å²) < 4.78 is 0. The lowest BCUT2D eigenvalue weighted by Gasteiger charge is -2.23. The van der Waals surface area contributed by atoms with Gasteiger partial charge in [0.15, 0.2) is 0 Å². The molecule has 21 heavy (non-hydrogen) atoms. The van der Waals surface area contributed by atoms with Gasteiger partial charge in [0.2, 0.25) is 5.91 Å². The molecule has 1 saturated heterocycles. The van der Waals surface area contributed by atoms with Gasteiger partial charge in [-0.05, 0) is 64.3 Å². The maximum Gasteiger partial charge on any atom is 0.234 e. The molecule has 0 spiro atoms. The van der Waals surface area contributed by atoms with Crippen molar-refractivity contribution in [3.05, 3.63) is 11.6 Å². The first-order chi connectivity index (χ1) is 10.3. The molecule has 1 amide bonds. The van der Waals surface area contributed by atoms with E-state index in [4.69, 9.17) is 5.11 Å². The average molecular weight is 294 g/mol. The highest BCUT2D eigenvalue weighted by Crippen LogP contribution is 2.21. The highest BCUT2D eigenvalue weighted by atomic mass is 16.3. The van der Waals surface area contributed by atoms with Crippen LogP contribution in [0.4, 0.5) is 0 Å². The smallest absolute Gasteiger partial charge is 0.234 e. The number of rotatable bonds is 8. The van der Waals surface area contributed by atoms with Crippen molar-refractivity contribution in [1.82, 2.24) is 10.2 Å². The Morgan fingerprint density at radius 3 is 3.05 bits per heavy atom. The summed E-state index contributed by atoms with van der Waals surface area (Å²) in [6.45, 7) is 2.58. The number of carbonyl (C=O) groups excluding carboxylic acids is 1. The zero-order valence-corrected chi connectivity index (χ0v) is 13.1. The molecule has 0 aromatic carbocycles. The zero-order chi connectivity index (χ0) is 14.9. The lowest BCUT2D eigenvalue weighted by atomic mass is 9.97. The normalized spacial score (nSPS) is 23.1. The van der Waals surface area contributed by atoms with Gasteiger partial charge in [0.05, 0.1) is 6.54 Å². The quantitative estimate of drug-likeness (QED) is 0.675. The third-order valence-electron chi connectivity index (χ3n) is 4.69. The number of nitrogens with one attached hydrogen (secondary N) is 1. The van der Waals surface area contributed by atoms with Crippen molar-refractivity contribution in [2.24, 2.45) is 0 Å². The second-order valence-corrected chi connectivity index (χ2v) is 6.34. The molecule has 0 saturated carbocycles. The summed E-state index contributed by atoms with van der Waals surface area (Å²) in [5.41, 5.74) is 1.52. The van der Waals surface area contributed by atoms with Crippen molar-refractivity contribution in [1.29, 1.82) is 0 Å². The molecule has 1 atom stereocenters. The van der Waals surface area contributed by atoms with Crippen molar-refractivity contribution in [3.63, 3.8) is 0 Å². The van der Waals surface area contributed by atoms with E-state index in [0.717, 1.165) is 32.4 Å². The molecule has 0 aromatic rings. The van der Waals surface area contributed by atoms with Crippen LogP contribution in [0.3, 0.4) is 0 Å². The van der Waals surface area contributed by atoms with Crippen molar-refractivity contribution in [3.8, 4) is 0 Å². The molecule has 2 aliphatic rings. The topological polar surface area (TPSA) is 52.6 Å². The van der Waals surface area contributed by atoms with E-state index in [1.54, 1.807) is 0 Å². The molecule has 4 nitrogen and oxygen atoms in total. The fourth-order valence-corrected chi connectivity index (χ4v) is 3.49. The number of allylic oxidation sites excluding steroid dienone is 1. The van der Waals surface area contributed by atoms with Crippen LogP contribution in [0.15, 0.2) is 11.6 Å². The van der Waals surface area contributed by atoms with Gasteiger partial charge >= 0.3 is 0 Å². The van der Waals surface area contributed by atoms with Gasteiger partial charge in [-0.3, -0.25) is 9.69 Å². The van der Waals surface area contributed by atoms with Crippen LogP contribution in [0.5, 0.6) is 0 Å². The molecule has 1 unspecified atom stereocenters. The number of carbonyl (C=O) groups is 1. The number of aliphatic hydroxyl groups excluding tert-OH is 1. The van der Waals surface area contributed by atoms with Crippen molar-refractivity contribution < 1.29 is 9.90 Å². The van der Waals surface area contributed by atoms with Crippen LogP contribution in [0.2, 0.25) is 0 Å². The minimum absolute atomic E-state index is 0.155. The molecule has 2 N–H and O–H groups in total. The fourth-order valence-electron chi connectivity index (χ4n) is 3.49. The van der Waals surface area contributed by atoms with Crippen LogP contribution in [0.1, 0.15) is 57.8 Å². The Morgan fingerprint density at radius 2 is 2.29 bits per heavy atom. The van der Waals surface area contributed by atoms with Crippen LogP contribution in [0, 0.1) is 0 Å². The van der Waals surface area contributed by atoms with Gasteiger partial charge in [-0.25, -0.2) is 0 Å². The van der Waals surface area contributed by atoms with E-state index in [9.17, 15) is 4.79 Å². The lowest BCUT2D eigenvalue weighted by molar-refractivity contribution is -0.122. The van der Waals surface area contributed by atoms with E-state index in [1.807, 2.05) is 0 Å². The summed E-state index contributed by atoms with van der Waals surface area (Å²) in [5, 5.41) is 12.0. The second-order valence-electron chi connectivity index (χ2n) is 6.34. The first kappa shape index (κ1) is 16.5. The highest BCUT2D eigenvalue weighted by molar-refractivity contribution is 5.78. The van der Waals surface area contributed by atoms with E-state index in [0.29, 0.717) is 12.6 Å². The molecule has 1 aliphatic heterocycles. The number of hydrogen-bond donors (Lipinski definition) is 2. The largest absolute Gasteiger partial charge is 0.396 e. The van der Waals surface area contributed by atoms with Gasteiger partial charge in [0.25, 0.3) is 0 Å². The maximum atomic E-state index is 12.0. The van der Waals surface area contributed by atoms with Gasteiger partial charge in [-0.15, -0.1) is 0 Å². The van der Waals surface area contributed by atoms with Crippen LogP contribution < -0.4 is 5.32 Å². The third kappa shape index (κ3) is 5.79. The summed E-state index contributed by atoms with van der Waals surface area (Å²) in [6.07, 6.45) is 12.6. The van der Waals surface area contributed by atoms with Crippen molar-refractivity contribution >= 4 is 5.91 Å². The number of amides is 1. The maximum absolute atomic E-state index is 12.0. The monoisotopic (exact) mass is 294 g/mol. The Bertz CT molecular complexity index is 355. The predicted octanol–water partition coefficient (Wildman–Crippen LogP) is 2.23. The SMILES string of the molecule is O=C(CN1CCCC1CCCO)NCCC1=CCCCC1. The minimum Gasteiger partial charge on any atom is -0.396 e. The van der Waals surface area contributed by atoms with Gasteiger partial charge in [-0.1, -0.05) is 11.6 Å². The van der Waals surface area contributed by atoms with E-state index >= 15 is 0 Å². The van der Waals surface area contributed by atoms with Gasteiger partial charge in [0.1, 0.15) is 0 Å². The fraction of sp³-hybridized carbons (Fsp3) is 0.824. The average Bonchev–Trinajstić information content (AvgIpc) is 2.93. The standard InChI is InChI=1S/C17H30N2O2/c20-13-5-9-16-8-4-12-19(16)14-17(21)18-11-10-15-6-2-1-3-7-15/h6,16,20H,1-5,7-14H2,(H,18,21). The molecule has 2 rings (SSSR count). The summed E-state index contributed by atoms with van der Waals surface area (Å²) in [5.74, 6) is 0.155. The molecule has 0 bridgehead atoms. The van der Waals surface area contributed by atoms with Gasteiger partial charge < -0.3 is 10.4 Å². The van der Waals surface area contributed by atoms with E-state index in [1.165, 1.54) is 44.1 Å². The Balaban J connectivity index is 1.63. The number of likely N-dealkylation sites (tertiary alicyclic amines) is 1. The van der Waals surface area contributed by atoms with Crippen LogP contribution >= 0.6 is 0 Å². The number of nitrogens with zero attached hydrogens (tertiary/aromatic N) is 1. The Labute approximate surface area is 128 Å². The van der Waals surface area contributed by atoms with Crippen molar-refractivity contribution in [2.75, 3.05) is 26.2 Å². The summed E-state index contributed by atoms with van der Waals surface area (Å²) in [4.78, 5) is 14.3.